The topological polar surface area (TPSA) is 67.5 Å². The molecule has 1 aromatic heterocycles. The van der Waals surface area contributed by atoms with Crippen molar-refractivity contribution in [1.82, 2.24) is 0 Å². The van der Waals surface area contributed by atoms with Crippen LogP contribution in [0.25, 0.3) is 22.1 Å². The van der Waals surface area contributed by atoms with E-state index in [1.165, 1.54) is 6.92 Å². The fraction of sp³-hybridized carbons (Fsp3) is 0.0588. The first-order valence-electron chi connectivity index (χ1n) is 6.43. The highest BCUT2D eigenvalue weighted by Gasteiger charge is 2.10. The molecule has 4 nitrogen and oxygen atoms in total. The van der Waals surface area contributed by atoms with Crippen LogP contribution in [0.2, 0.25) is 0 Å². The van der Waals surface area contributed by atoms with E-state index < -0.39 is 5.63 Å². The third-order valence-corrected chi connectivity index (χ3v) is 3.32. The Hall–Kier alpha value is -2.88. The fourth-order valence-corrected chi connectivity index (χ4v) is 2.19. The van der Waals surface area contributed by atoms with Gasteiger partial charge in [-0.2, -0.15) is 0 Å². The average Bonchev–Trinajstić information content (AvgIpc) is 2.46. The van der Waals surface area contributed by atoms with Crippen LogP contribution in [0.4, 0.5) is 0 Å². The number of fused-ring (bicyclic) bond motifs is 1. The minimum Gasteiger partial charge on any atom is -0.508 e. The van der Waals surface area contributed by atoms with Crippen molar-refractivity contribution >= 4 is 16.8 Å². The van der Waals surface area contributed by atoms with Gasteiger partial charge in [-0.25, -0.2) is 4.79 Å². The summed E-state index contributed by atoms with van der Waals surface area (Å²) in [6.45, 7) is 1.34. The lowest BCUT2D eigenvalue weighted by atomic mass is 10.0. The molecule has 0 aliphatic heterocycles. The highest BCUT2D eigenvalue weighted by molar-refractivity contribution is 5.97. The summed E-state index contributed by atoms with van der Waals surface area (Å²) in [5.41, 5.74) is 1.61. The van der Waals surface area contributed by atoms with Gasteiger partial charge in [0.15, 0.2) is 5.78 Å². The van der Waals surface area contributed by atoms with E-state index >= 15 is 0 Å². The molecule has 0 spiro atoms. The van der Waals surface area contributed by atoms with E-state index in [1.54, 1.807) is 42.5 Å². The smallest absolute Gasteiger partial charge is 0.347 e. The Bertz CT molecular complexity index is 889. The number of ketones is 1. The van der Waals surface area contributed by atoms with Gasteiger partial charge >= 0.3 is 5.63 Å². The molecule has 0 amide bonds. The van der Waals surface area contributed by atoms with Crippen LogP contribution in [-0.2, 0) is 0 Å². The van der Waals surface area contributed by atoms with E-state index in [1.807, 2.05) is 6.07 Å². The number of rotatable bonds is 2. The third-order valence-electron chi connectivity index (χ3n) is 3.32. The Balaban J connectivity index is 2.16. The van der Waals surface area contributed by atoms with Crippen molar-refractivity contribution in [2.45, 2.75) is 6.92 Å². The van der Waals surface area contributed by atoms with Crippen molar-refractivity contribution in [3.8, 4) is 16.9 Å². The van der Waals surface area contributed by atoms with E-state index in [-0.39, 0.29) is 17.1 Å². The Kier molecular flexibility index (Phi) is 3.06. The molecular formula is C17H12O4. The van der Waals surface area contributed by atoms with Crippen LogP contribution >= 0.6 is 0 Å². The molecule has 0 saturated heterocycles. The van der Waals surface area contributed by atoms with Crippen molar-refractivity contribution in [3.63, 3.8) is 0 Å². The van der Waals surface area contributed by atoms with Gasteiger partial charge in [-0.05, 0) is 42.3 Å². The molecule has 0 unspecified atom stereocenters. The molecule has 2 aromatic carbocycles. The molecule has 4 heteroatoms. The van der Waals surface area contributed by atoms with E-state index in [9.17, 15) is 14.7 Å². The van der Waals surface area contributed by atoms with E-state index in [4.69, 9.17) is 4.42 Å². The number of aromatic hydroxyl groups is 1. The SMILES string of the molecule is CC(=O)c1cc2ccc(-c3ccc(O)cc3)cc2oc1=O. The molecule has 0 aliphatic rings. The maximum atomic E-state index is 11.7. The molecule has 1 N–H and O–H groups in total. The highest BCUT2D eigenvalue weighted by Crippen LogP contribution is 2.25. The summed E-state index contributed by atoms with van der Waals surface area (Å²) in [5, 5.41) is 10.00. The Morgan fingerprint density at radius 2 is 1.67 bits per heavy atom. The van der Waals surface area contributed by atoms with Crippen molar-refractivity contribution in [2.24, 2.45) is 0 Å². The summed E-state index contributed by atoms with van der Waals surface area (Å²) in [6.07, 6.45) is 0. The molecule has 0 saturated carbocycles. The molecule has 1 heterocycles. The second kappa shape index (κ2) is 4.90. The quantitative estimate of drug-likeness (QED) is 0.577. The first kappa shape index (κ1) is 13.1. The molecule has 0 radical (unpaired) electrons. The standard InChI is InChI=1S/C17H12O4/c1-10(18)15-8-13-3-2-12(9-16(13)21-17(15)20)11-4-6-14(19)7-5-11/h2-9,19H,1H3. The summed E-state index contributed by atoms with van der Waals surface area (Å²) in [5.74, 6) is -0.120. The minimum absolute atomic E-state index is 0.0554. The van der Waals surface area contributed by atoms with Gasteiger partial charge in [0.1, 0.15) is 16.9 Å². The van der Waals surface area contributed by atoms with Gasteiger partial charge in [-0.15, -0.1) is 0 Å². The molecule has 3 aromatic rings. The number of phenols is 1. The number of carbonyl (C=O) groups excluding carboxylic acids is 1. The van der Waals surface area contributed by atoms with Gasteiger partial charge < -0.3 is 9.52 Å². The van der Waals surface area contributed by atoms with Crippen LogP contribution in [-0.4, -0.2) is 10.9 Å². The zero-order valence-electron chi connectivity index (χ0n) is 11.3. The normalized spacial score (nSPS) is 10.7. The van der Waals surface area contributed by atoms with E-state index in [0.717, 1.165) is 11.1 Å². The predicted octanol–water partition coefficient (Wildman–Crippen LogP) is 3.37. The Morgan fingerprint density at radius 1 is 1.00 bits per heavy atom. The molecule has 104 valence electrons. The van der Waals surface area contributed by atoms with Gasteiger partial charge in [0.05, 0.1) is 0 Å². The number of carbonyl (C=O) groups is 1. The lowest BCUT2D eigenvalue weighted by Crippen LogP contribution is -2.10. The molecular weight excluding hydrogens is 268 g/mol. The average molecular weight is 280 g/mol. The van der Waals surface area contributed by atoms with Crippen LogP contribution in [0.15, 0.2) is 57.7 Å². The highest BCUT2D eigenvalue weighted by atomic mass is 16.4. The number of Topliss-reactive ketones (excluding diaryl/α,β-unsaturated/α-hetero) is 1. The second-order valence-corrected chi connectivity index (χ2v) is 4.80. The summed E-state index contributed by atoms with van der Waals surface area (Å²) in [4.78, 5) is 23.1. The number of hydrogen-bond donors (Lipinski definition) is 1. The second-order valence-electron chi connectivity index (χ2n) is 4.80. The molecule has 0 aliphatic carbocycles. The molecule has 0 atom stereocenters. The predicted molar refractivity (Wildman–Crippen MR) is 79.6 cm³/mol. The minimum atomic E-state index is -0.627. The van der Waals surface area contributed by atoms with Gasteiger partial charge in [0, 0.05) is 5.39 Å². The largest absolute Gasteiger partial charge is 0.508 e. The zero-order valence-corrected chi connectivity index (χ0v) is 11.3. The van der Waals surface area contributed by atoms with Crippen LogP contribution in [0.3, 0.4) is 0 Å². The van der Waals surface area contributed by atoms with Crippen LogP contribution < -0.4 is 5.63 Å². The van der Waals surface area contributed by atoms with Gasteiger partial charge in [-0.1, -0.05) is 24.3 Å². The van der Waals surface area contributed by atoms with Crippen LogP contribution in [0.5, 0.6) is 5.75 Å². The van der Waals surface area contributed by atoms with Crippen LogP contribution in [0, 0.1) is 0 Å². The Labute approximate surface area is 120 Å². The van der Waals surface area contributed by atoms with E-state index in [0.29, 0.717) is 11.0 Å². The first-order valence-corrected chi connectivity index (χ1v) is 6.43. The maximum absolute atomic E-state index is 11.7. The molecule has 0 fully saturated rings. The van der Waals surface area contributed by atoms with Gasteiger partial charge in [-0.3, -0.25) is 4.79 Å². The van der Waals surface area contributed by atoms with Crippen molar-refractivity contribution in [2.75, 3.05) is 0 Å². The van der Waals surface area contributed by atoms with Crippen molar-refractivity contribution in [3.05, 3.63) is 64.5 Å². The molecule has 21 heavy (non-hydrogen) atoms. The monoisotopic (exact) mass is 280 g/mol. The zero-order chi connectivity index (χ0) is 15.0. The van der Waals surface area contributed by atoms with Gasteiger partial charge in [0.2, 0.25) is 0 Å². The summed E-state index contributed by atoms with van der Waals surface area (Å²) >= 11 is 0. The van der Waals surface area contributed by atoms with Crippen molar-refractivity contribution in [1.29, 1.82) is 0 Å². The van der Waals surface area contributed by atoms with E-state index in [2.05, 4.69) is 0 Å². The number of hydrogen-bond acceptors (Lipinski definition) is 4. The lowest BCUT2D eigenvalue weighted by molar-refractivity contribution is 0.101. The fourth-order valence-electron chi connectivity index (χ4n) is 2.19. The van der Waals surface area contributed by atoms with Crippen molar-refractivity contribution < 1.29 is 14.3 Å². The summed E-state index contributed by atoms with van der Waals surface area (Å²) in [7, 11) is 0. The summed E-state index contributed by atoms with van der Waals surface area (Å²) < 4.78 is 5.21. The van der Waals surface area contributed by atoms with Crippen LogP contribution in [0.1, 0.15) is 17.3 Å². The van der Waals surface area contributed by atoms with Gasteiger partial charge in [0.25, 0.3) is 0 Å². The molecule has 3 rings (SSSR count). The summed E-state index contributed by atoms with van der Waals surface area (Å²) in [6, 6.07) is 13.7. The number of benzene rings is 2. The lowest BCUT2D eigenvalue weighted by Gasteiger charge is -2.04. The number of phenolic OH excluding ortho intramolecular Hbond substituents is 1. The Morgan fingerprint density at radius 3 is 2.33 bits per heavy atom. The third kappa shape index (κ3) is 2.43. The first-order chi connectivity index (χ1) is 10.0. The molecule has 0 bridgehead atoms. The maximum Gasteiger partial charge on any atom is 0.347 e.